The number of carboxylic acid groups (broad SMARTS) is 1. The average Bonchev–Trinajstić information content (AvgIpc) is 3.57. The van der Waals surface area contributed by atoms with Gasteiger partial charge in [0.15, 0.2) is 9.84 Å². The zero-order valence-electron chi connectivity index (χ0n) is 21.3. The predicted octanol–water partition coefficient (Wildman–Crippen LogP) is 1.93. The SMILES string of the molecule is CCN1CCC=C1c1ccc(C2=[N+](CC)CCN2)cc1.COOSc1ccc(S(=O)(=O)CC(=O)[O-])cc1. The van der Waals surface area contributed by atoms with Crippen molar-refractivity contribution < 1.29 is 32.1 Å². The van der Waals surface area contributed by atoms with Crippen LogP contribution in [0.15, 0.2) is 64.4 Å². The number of rotatable bonds is 10. The number of likely N-dealkylation sites (N-methyl/N-ethyl adjacent to an activating group) is 1. The van der Waals surface area contributed by atoms with Gasteiger partial charge in [0.1, 0.15) is 13.1 Å². The van der Waals surface area contributed by atoms with Crippen molar-refractivity contribution in [3.63, 3.8) is 0 Å². The fourth-order valence-corrected chi connectivity index (χ4v) is 5.60. The molecule has 0 fully saturated rings. The Balaban J connectivity index is 0.000000209. The molecular weight excluding hydrogens is 514 g/mol. The van der Waals surface area contributed by atoms with Crippen LogP contribution < -0.4 is 10.4 Å². The van der Waals surface area contributed by atoms with Gasteiger partial charge in [0.05, 0.1) is 47.9 Å². The minimum atomic E-state index is -3.84. The highest BCUT2D eigenvalue weighted by molar-refractivity contribution is 7.94. The smallest absolute Gasteiger partial charge is 0.277 e. The number of carbonyl (C=O) groups is 1. The Morgan fingerprint density at radius 2 is 1.78 bits per heavy atom. The van der Waals surface area contributed by atoms with Crippen molar-refractivity contribution in [3.05, 3.63) is 65.7 Å². The second kappa shape index (κ2) is 13.6. The van der Waals surface area contributed by atoms with Gasteiger partial charge in [-0.25, -0.2) is 13.3 Å². The molecule has 2 aromatic rings. The normalized spacial score (nSPS) is 15.2. The molecule has 200 valence electrons. The van der Waals surface area contributed by atoms with E-state index < -0.39 is 21.6 Å². The molecule has 0 atom stereocenters. The Morgan fingerprint density at radius 3 is 2.38 bits per heavy atom. The van der Waals surface area contributed by atoms with Gasteiger partial charge >= 0.3 is 0 Å². The minimum Gasteiger partial charge on any atom is -0.549 e. The summed E-state index contributed by atoms with van der Waals surface area (Å²) in [6.45, 7) is 9.93. The number of carbonyl (C=O) groups excluding carboxylic acids is 1. The van der Waals surface area contributed by atoms with Crippen molar-refractivity contribution in [1.29, 1.82) is 0 Å². The maximum atomic E-state index is 11.5. The van der Waals surface area contributed by atoms with Crippen molar-refractivity contribution in [2.24, 2.45) is 0 Å². The number of amidine groups is 1. The molecule has 0 saturated carbocycles. The number of carboxylic acids is 1. The third kappa shape index (κ3) is 7.81. The highest BCUT2D eigenvalue weighted by atomic mass is 32.2. The van der Waals surface area contributed by atoms with Crippen LogP contribution in [0.1, 0.15) is 31.4 Å². The van der Waals surface area contributed by atoms with Gasteiger partial charge in [0.25, 0.3) is 5.84 Å². The molecule has 9 nitrogen and oxygen atoms in total. The van der Waals surface area contributed by atoms with E-state index in [0.29, 0.717) is 4.90 Å². The quantitative estimate of drug-likeness (QED) is 0.206. The highest BCUT2D eigenvalue weighted by Gasteiger charge is 2.22. The largest absolute Gasteiger partial charge is 0.549 e. The molecular formula is C26H33N3O6S2. The molecule has 2 aliphatic rings. The summed E-state index contributed by atoms with van der Waals surface area (Å²) in [6, 6.07) is 14.6. The first-order valence-corrected chi connectivity index (χ1v) is 14.5. The maximum Gasteiger partial charge on any atom is 0.277 e. The molecule has 0 bridgehead atoms. The molecule has 0 radical (unpaired) electrons. The van der Waals surface area contributed by atoms with E-state index in [0.717, 1.165) is 44.8 Å². The Bertz CT molecular complexity index is 1230. The lowest BCUT2D eigenvalue weighted by Crippen LogP contribution is -2.30. The Labute approximate surface area is 222 Å². The van der Waals surface area contributed by atoms with Crippen LogP contribution in [0, 0.1) is 0 Å². The predicted molar refractivity (Wildman–Crippen MR) is 142 cm³/mol. The maximum absolute atomic E-state index is 11.5. The number of benzene rings is 2. The Kier molecular flexibility index (Phi) is 10.6. The molecule has 1 N–H and O–H groups in total. The van der Waals surface area contributed by atoms with E-state index in [2.05, 4.69) is 68.2 Å². The first-order chi connectivity index (χ1) is 17.8. The summed E-state index contributed by atoms with van der Waals surface area (Å²) in [4.78, 5) is 17.6. The number of hydrogen-bond acceptors (Lipinski definition) is 9. The van der Waals surface area contributed by atoms with Gasteiger partial charge < -0.3 is 14.8 Å². The number of nitrogens with zero attached hydrogens (tertiary/aromatic N) is 2. The van der Waals surface area contributed by atoms with Crippen molar-refractivity contribution in [3.8, 4) is 0 Å². The fourth-order valence-electron chi connectivity index (χ4n) is 4.18. The monoisotopic (exact) mass is 547 g/mol. The lowest BCUT2D eigenvalue weighted by Gasteiger charge is -2.20. The Hall–Kier alpha value is -2.86. The topological polar surface area (TPSA) is 111 Å². The van der Waals surface area contributed by atoms with Crippen LogP contribution in [0.2, 0.25) is 0 Å². The Morgan fingerprint density at radius 1 is 1.11 bits per heavy atom. The van der Waals surface area contributed by atoms with Gasteiger partial charge in [-0.3, -0.25) is 9.89 Å². The van der Waals surface area contributed by atoms with Crippen molar-refractivity contribution in [2.45, 2.75) is 30.1 Å². The van der Waals surface area contributed by atoms with E-state index in [1.54, 1.807) is 0 Å². The molecule has 11 heteroatoms. The molecule has 37 heavy (non-hydrogen) atoms. The molecule has 0 aromatic heterocycles. The van der Waals surface area contributed by atoms with E-state index in [-0.39, 0.29) is 4.90 Å². The third-order valence-electron chi connectivity index (χ3n) is 5.97. The van der Waals surface area contributed by atoms with E-state index >= 15 is 0 Å². The van der Waals surface area contributed by atoms with Gasteiger partial charge in [-0.2, -0.15) is 4.33 Å². The molecule has 2 aliphatic heterocycles. The lowest BCUT2D eigenvalue weighted by atomic mass is 10.1. The van der Waals surface area contributed by atoms with Crippen LogP contribution in [-0.2, 0) is 23.9 Å². The molecule has 2 aromatic carbocycles. The standard InChI is InChI=1S/C17H23N3.C9H10O6S2/c1-3-19-12-5-6-16(19)14-7-9-15(10-8-14)17-18-11-13-20(17)4-2;1-14-15-16-7-2-4-8(5-3-7)17(12,13)6-9(10)11/h6-10H,3-5,11-13H2,1-2H3;2-5H,6H2,1H3,(H,10,11). The van der Waals surface area contributed by atoms with Gasteiger partial charge in [-0.05, 0) is 62.2 Å². The van der Waals surface area contributed by atoms with Gasteiger partial charge in [0.2, 0.25) is 0 Å². The van der Waals surface area contributed by atoms with Crippen molar-refractivity contribution in [2.75, 3.05) is 45.6 Å². The number of hydrogen-bond donors (Lipinski definition) is 1. The molecule has 4 rings (SSSR count). The minimum absolute atomic E-state index is 0.0801. The molecule has 0 spiro atoms. The zero-order chi connectivity index (χ0) is 26.8. The van der Waals surface area contributed by atoms with E-state index in [1.165, 1.54) is 60.5 Å². The number of nitrogens with one attached hydrogen (secondary N) is 1. The summed E-state index contributed by atoms with van der Waals surface area (Å²) in [5.41, 5.74) is 4.04. The first-order valence-electron chi connectivity index (χ1n) is 12.1. The van der Waals surface area contributed by atoms with Crippen LogP contribution >= 0.6 is 12.0 Å². The molecule has 0 saturated heterocycles. The molecule has 0 aliphatic carbocycles. The van der Waals surface area contributed by atoms with Gasteiger partial charge in [0, 0.05) is 23.7 Å². The van der Waals surface area contributed by atoms with Crippen LogP contribution in [0.4, 0.5) is 0 Å². The molecule has 0 amide bonds. The van der Waals surface area contributed by atoms with E-state index in [9.17, 15) is 18.3 Å². The molecule has 2 heterocycles. The summed E-state index contributed by atoms with van der Waals surface area (Å²) in [5, 5.41) is 13.8. The summed E-state index contributed by atoms with van der Waals surface area (Å²) in [5.74, 6) is -1.38. The van der Waals surface area contributed by atoms with Crippen LogP contribution in [0.5, 0.6) is 0 Å². The zero-order valence-corrected chi connectivity index (χ0v) is 22.9. The summed E-state index contributed by atoms with van der Waals surface area (Å²) < 4.78 is 29.9. The summed E-state index contributed by atoms with van der Waals surface area (Å²) in [7, 11) is -2.50. The van der Waals surface area contributed by atoms with Gasteiger partial charge in [-0.15, -0.1) is 0 Å². The first kappa shape index (κ1) is 28.7. The fraction of sp³-hybridized carbons (Fsp3) is 0.385. The van der Waals surface area contributed by atoms with Crippen LogP contribution in [0.3, 0.4) is 0 Å². The summed E-state index contributed by atoms with van der Waals surface area (Å²) >= 11 is 0.908. The lowest BCUT2D eigenvalue weighted by molar-refractivity contribution is -0.513. The average molecular weight is 548 g/mol. The van der Waals surface area contributed by atoms with Crippen molar-refractivity contribution in [1.82, 2.24) is 10.2 Å². The van der Waals surface area contributed by atoms with E-state index in [4.69, 9.17) is 0 Å². The second-order valence-electron chi connectivity index (χ2n) is 8.31. The third-order valence-corrected chi connectivity index (χ3v) is 8.25. The van der Waals surface area contributed by atoms with Crippen LogP contribution in [-0.4, -0.2) is 75.3 Å². The van der Waals surface area contributed by atoms with E-state index in [1.807, 2.05) is 0 Å². The summed E-state index contributed by atoms with van der Waals surface area (Å²) in [6.07, 6.45) is 3.53. The van der Waals surface area contributed by atoms with Crippen LogP contribution in [0.25, 0.3) is 5.70 Å². The second-order valence-corrected chi connectivity index (χ2v) is 11.1. The number of sulfone groups is 1. The van der Waals surface area contributed by atoms with Crippen molar-refractivity contribution >= 4 is 39.4 Å². The molecule has 0 unspecified atom stereocenters. The number of aliphatic carboxylic acids is 1. The highest BCUT2D eigenvalue weighted by Crippen LogP contribution is 2.25. The van der Waals surface area contributed by atoms with Gasteiger partial charge in [-0.1, -0.05) is 18.2 Å².